The molecule has 4 heterocycles. The molecule has 1 amide bonds. The fourth-order valence-electron chi connectivity index (χ4n) is 4.10. The van der Waals surface area contributed by atoms with Crippen molar-refractivity contribution in [2.75, 3.05) is 33.8 Å². The Kier molecular flexibility index (Phi) is 5.66. The fourth-order valence-corrected chi connectivity index (χ4v) is 4.10. The number of aromatic amines is 1. The third-order valence-electron chi connectivity index (χ3n) is 5.77. The van der Waals surface area contributed by atoms with Gasteiger partial charge in [0.05, 0.1) is 18.4 Å². The topological polar surface area (TPSA) is 105 Å². The van der Waals surface area contributed by atoms with E-state index in [1.807, 2.05) is 11.9 Å². The monoisotopic (exact) mass is 401 g/mol. The zero-order valence-corrected chi connectivity index (χ0v) is 16.9. The van der Waals surface area contributed by atoms with Crippen LogP contribution >= 0.6 is 0 Å². The lowest BCUT2D eigenvalue weighted by molar-refractivity contribution is -0.132. The lowest BCUT2D eigenvalue weighted by Gasteiger charge is -2.33. The lowest BCUT2D eigenvalue weighted by atomic mass is 9.96. The van der Waals surface area contributed by atoms with Crippen LogP contribution in [0.1, 0.15) is 48.0 Å². The van der Waals surface area contributed by atoms with Gasteiger partial charge < -0.3 is 24.0 Å². The van der Waals surface area contributed by atoms with Crippen LogP contribution in [0.4, 0.5) is 0 Å². The van der Waals surface area contributed by atoms with Crippen molar-refractivity contribution >= 4 is 5.91 Å². The number of carbonyl (C=O) groups is 1. The normalized spacial score (nSPS) is 19.8. The number of rotatable bonds is 5. The average molecular weight is 401 g/mol. The number of H-pyrrole nitrogens is 1. The third kappa shape index (κ3) is 4.34. The Balaban J connectivity index is 1.41. The molecule has 1 fully saturated rings. The van der Waals surface area contributed by atoms with Crippen molar-refractivity contribution in [1.29, 1.82) is 0 Å². The second-order valence-corrected chi connectivity index (χ2v) is 7.88. The van der Waals surface area contributed by atoms with Crippen LogP contribution in [0.15, 0.2) is 15.4 Å². The molecule has 0 radical (unpaired) electrons. The number of ether oxygens (including phenoxy) is 1. The van der Waals surface area contributed by atoms with E-state index < -0.39 is 0 Å². The highest BCUT2D eigenvalue weighted by atomic mass is 16.5. The highest BCUT2D eigenvalue weighted by Crippen LogP contribution is 2.26. The number of aryl methyl sites for hydroxylation is 1. The first-order valence-corrected chi connectivity index (χ1v) is 10.1. The predicted molar refractivity (Wildman–Crippen MR) is 105 cm³/mol. The van der Waals surface area contributed by atoms with Gasteiger partial charge in [-0.2, -0.15) is 0 Å². The Morgan fingerprint density at radius 3 is 3.07 bits per heavy atom. The van der Waals surface area contributed by atoms with E-state index in [-0.39, 0.29) is 17.4 Å². The van der Waals surface area contributed by atoms with E-state index in [1.165, 1.54) is 7.11 Å². The first-order valence-electron chi connectivity index (χ1n) is 10.1. The Labute approximate surface area is 169 Å². The van der Waals surface area contributed by atoms with E-state index in [9.17, 15) is 9.59 Å². The van der Waals surface area contributed by atoms with Gasteiger partial charge in [-0.25, -0.2) is 4.98 Å². The van der Waals surface area contributed by atoms with Crippen LogP contribution < -0.4 is 10.3 Å². The Morgan fingerprint density at radius 2 is 2.28 bits per heavy atom. The average Bonchev–Trinajstić information content (AvgIpc) is 3.20. The Hall–Kier alpha value is -2.68. The number of aromatic nitrogens is 3. The number of nitrogens with zero attached hydrogens (tertiary/aromatic N) is 4. The standard InChI is InChI=1S/C20H27N5O4/c1-24-9-7-16-15(12-24)20(27)22-19(21-16)13-4-3-8-25(11-13)18(26)6-5-14-10-17(28-2)23-29-14/h10,13H,3-9,11-12H2,1-2H3,(H,21,22,27)/t13-/m0/s1. The molecule has 2 aliphatic rings. The van der Waals surface area contributed by atoms with Crippen molar-refractivity contribution in [3.05, 3.63) is 39.3 Å². The van der Waals surface area contributed by atoms with Gasteiger partial charge in [-0.15, -0.1) is 0 Å². The molecule has 2 aromatic rings. The molecule has 0 unspecified atom stereocenters. The molecule has 0 saturated carbocycles. The smallest absolute Gasteiger partial charge is 0.255 e. The largest absolute Gasteiger partial charge is 0.479 e. The predicted octanol–water partition coefficient (Wildman–Crippen LogP) is 1.09. The maximum atomic E-state index is 12.7. The summed E-state index contributed by atoms with van der Waals surface area (Å²) in [5, 5.41) is 3.76. The summed E-state index contributed by atoms with van der Waals surface area (Å²) in [6, 6.07) is 1.70. The lowest BCUT2D eigenvalue weighted by Crippen LogP contribution is -2.40. The summed E-state index contributed by atoms with van der Waals surface area (Å²) in [5.74, 6) is 1.91. The van der Waals surface area contributed by atoms with Crippen LogP contribution in [0.2, 0.25) is 0 Å². The molecular weight excluding hydrogens is 374 g/mol. The van der Waals surface area contributed by atoms with Crippen molar-refractivity contribution in [2.45, 2.75) is 44.6 Å². The molecule has 156 valence electrons. The minimum absolute atomic E-state index is 0.0423. The van der Waals surface area contributed by atoms with Crippen LogP contribution in [0.3, 0.4) is 0 Å². The first-order chi connectivity index (χ1) is 14.0. The van der Waals surface area contributed by atoms with E-state index in [0.29, 0.717) is 37.6 Å². The van der Waals surface area contributed by atoms with Crippen molar-refractivity contribution < 1.29 is 14.1 Å². The molecule has 9 nitrogen and oxygen atoms in total. The van der Waals surface area contributed by atoms with Gasteiger partial charge >= 0.3 is 0 Å². The van der Waals surface area contributed by atoms with Crippen molar-refractivity contribution in [1.82, 2.24) is 24.9 Å². The summed E-state index contributed by atoms with van der Waals surface area (Å²) in [4.78, 5) is 37.0. The van der Waals surface area contributed by atoms with E-state index in [0.717, 1.165) is 49.4 Å². The molecule has 0 spiro atoms. The summed E-state index contributed by atoms with van der Waals surface area (Å²) >= 11 is 0. The summed E-state index contributed by atoms with van der Waals surface area (Å²) in [5.41, 5.74) is 1.64. The second-order valence-electron chi connectivity index (χ2n) is 7.88. The number of methoxy groups -OCH3 is 1. The fraction of sp³-hybridized carbons (Fsp3) is 0.600. The van der Waals surface area contributed by atoms with Gasteiger partial charge in [0, 0.05) is 57.4 Å². The summed E-state index contributed by atoms with van der Waals surface area (Å²) < 4.78 is 10.2. The molecule has 1 N–H and O–H groups in total. The number of fused-ring (bicyclic) bond motifs is 1. The number of amides is 1. The Morgan fingerprint density at radius 1 is 1.41 bits per heavy atom. The van der Waals surface area contributed by atoms with Crippen LogP contribution in [0, 0.1) is 0 Å². The van der Waals surface area contributed by atoms with Gasteiger partial charge in [0.15, 0.2) is 0 Å². The number of hydrogen-bond acceptors (Lipinski definition) is 7. The van der Waals surface area contributed by atoms with Crippen LogP contribution in [0.25, 0.3) is 0 Å². The molecule has 0 aromatic carbocycles. The van der Waals surface area contributed by atoms with Crippen LogP contribution in [0.5, 0.6) is 5.88 Å². The molecular formula is C20H27N5O4. The van der Waals surface area contributed by atoms with Gasteiger partial charge in [0.1, 0.15) is 11.6 Å². The number of likely N-dealkylation sites (tertiary alicyclic amines) is 1. The Bertz CT molecular complexity index is 937. The molecule has 2 aromatic heterocycles. The van der Waals surface area contributed by atoms with E-state index in [4.69, 9.17) is 14.2 Å². The zero-order chi connectivity index (χ0) is 20.4. The molecule has 2 aliphatic heterocycles. The third-order valence-corrected chi connectivity index (χ3v) is 5.77. The van der Waals surface area contributed by atoms with E-state index in [2.05, 4.69) is 15.0 Å². The van der Waals surface area contributed by atoms with Gasteiger partial charge in [0.2, 0.25) is 5.91 Å². The zero-order valence-electron chi connectivity index (χ0n) is 16.9. The summed E-state index contributed by atoms with van der Waals surface area (Å²) in [7, 11) is 3.54. The minimum Gasteiger partial charge on any atom is -0.479 e. The van der Waals surface area contributed by atoms with Crippen molar-refractivity contribution in [2.24, 2.45) is 0 Å². The summed E-state index contributed by atoms with van der Waals surface area (Å²) in [6.07, 6.45) is 3.45. The molecule has 1 atom stereocenters. The van der Waals surface area contributed by atoms with Crippen LogP contribution in [-0.4, -0.2) is 64.6 Å². The number of nitrogens with one attached hydrogen (secondary N) is 1. The number of carbonyl (C=O) groups excluding carboxylic acids is 1. The SMILES string of the molecule is COc1cc(CCC(=O)N2CCC[C@H](c3nc4c(c(=O)[nH]3)CN(C)CC4)C2)on1. The maximum absolute atomic E-state index is 12.7. The molecule has 1 saturated heterocycles. The highest BCUT2D eigenvalue weighted by molar-refractivity contribution is 5.76. The van der Waals surface area contributed by atoms with E-state index >= 15 is 0 Å². The van der Waals surface area contributed by atoms with E-state index in [1.54, 1.807) is 6.07 Å². The molecule has 0 bridgehead atoms. The quantitative estimate of drug-likeness (QED) is 0.800. The van der Waals surface area contributed by atoms with Crippen molar-refractivity contribution in [3.63, 3.8) is 0 Å². The minimum atomic E-state index is -0.0423. The van der Waals surface area contributed by atoms with Gasteiger partial charge in [-0.1, -0.05) is 0 Å². The second kappa shape index (κ2) is 8.36. The van der Waals surface area contributed by atoms with Gasteiger partial charge in [-0.3, -0.25) is 9.59 Å². The molecule has 29 heavy (non-hydrogen) atoms. The number of likely N-dealkylation sites (N-methyl/N-ethyl adjacent to an activating group) is 1. The van der Waals surface area contributed by atoms with Crippen LogP contribution in [-0.2, 0) is 24.2 Å². The summed E-state index contributed by atoms with van der Waals surface area (Å²) in [6.45, 7) is 2.86. The van der Waals surface area contributed by atoms with Crippen molar-refractivity contribution in [3.8, 4) is 5.88 Å². The number of hydrogen-bond donors (Lipinski definition) is 1. The molecule has 0 aliphatic carbocycles. The van der Waals surface area contributed by atoms with Gasteiger partial charge in [-0.05, 0) is 25.0 Å². The molecule has 4 rings (SSSR count). The highest BCUT2D eigenvalue weighted by Gasteiger charge is 2.28. The first kappa shape index (κ1) is 19.6. The maximum Gasteiger partial charge on any atom is 0.255 e. The van der Waals surface area contributed by atoms with Gasteiger partial charge in [0.25, 0.3) is 11.4 Å². The molecule has 9 heteroatoms. The number of piperidine rings is 1.